The van der Waals surface area contributed by atoms with Gasteiger partial charge in [0.25, 0.3) is 0 Å². The number of hydrogen-bond acceptors (Lipinski definition) is 3. The Morgan fingerprint density at radius 1 is 0.806 bits per heavy atom. The van der Waals surface area contributed by atoms with Crippen molar-refractivity contribution < 1.29 is 8.42 Å². The fourth-order valence-corrected chi connectivity index (χ4v) is 8.55. The average molecular weight is 509 g/mol. The van der Waals surface area contributed by atoms with Gasteiger partial charge in [-0.05, 0) is 0 Å². The van der Waals surface area contributed by atoms with Crippen LogP contribution in [-0.4, -0.2) is 27.3 Å². The summed E-state index contributed by atoms with van der Waals surface area (Å²) in [6, 6.07) is 29.2. The Balaban J connectivity index is 1.84. The van der Waals surface area contributed by atoms with E-state index in [0.29, 0.717) is 4.90 Å². The van der Waals surface area contributed by atoms with E-state index in [4.69, 9.17) is 0 Å². The number of rotatable bonds is 5. The molecule has 0 saturated carbocycles. The zero-order valence-corrected chi connectivity index (χ0v) is 20.1. The van der Waals surface area contributed by atoms with Gasteiger partial charge in [-0.25, -0.2) is 0 Å². The molecule has 5 aromatic rings. The molecular formula is C25H19NO2S2Se. The Kier molecular flexibility index (Phi) is 5.32. The summed E-state index contributed by atoms with van der Waals surface area (Å²) in [6.45, 7) is 1.96. The molecule has 3 nitrogen and oxygen atoms in total. The molecule has 2 heterocycles. The third-order valence-corrected chi connectivity index (χ3v) is 10.0. The number of aryl methyl sites for hydroxylation is 1. The normalized spacial score (nSPS) is 11.8. The number of para-hydroxylation sites is 1. The molecule has 0 saturated heterocycles. The summed E-state index contributed by atoms with van der Waals surface area (Å²) >= 11 is 1.52. The first-order valence-corrected chi connectivity index (χ1v) is 13.8. The van der Waals surface area contributed by atoms with E-state index < -0.39 is 10.0 Å². The first kappa shape index (κ1) is 20.3. The van der Waals surface area contributed by atoms with E-state index in [-0.39, 0.29) is 15.0 Å². The van der Waals surface area contributed by atoms with E-state index in [1.54, 1.807) is 27.4 Å². The minimum absolute atomic E-state index is 0.0474. The molecule has 0 atom stereocenters. The van der Waals surface area contributed by atoms with Crippen molar-refractivity contribution in [2.45, 2.75) is 11.8 Å². The van der Waals surface area contributed by atoms with Crippen LogP contribution in [0.3, 0.4) is 0 Å². The molecule has 0 amide bonds. The molecule has 0 N–H and O–H groups in total. The van der Waals surface area contributed by atoms with Crippen LogP contribution < -0.4 is 8.92 Å². The van der Waals surface area contributed by atoms with E-state index in [1.165, 1.54) is 4.46 Å². The number of aromatic nitrogens is 1. The van der Waals surface area contributed by atoms with Crippen molar-refractivity contribution in [1.82, 2.24) is 3.97 Å². The predicted molar refractivity (Wildman–Crippen MR) is 130 cm³/mol. The van der Waals surface area contributed by atoms with E-state index in [0.717, 1.165) is 31.5 Å². The van der Waals surface area contributed by atoms with Gasteiger partial charge in [0.2, 0.25) is 0 Å². The molecular weight excluding hydrogens is 489 g/mol. The zero-order chi connectivity index (χ0) is 21.4. The van der Waals surface area contributed by atoms with Crippen LogP contribution in [0.2, 0.25) is 0 Å². The summed E-state index contributed by atoms with van der Waals surface area (Å²) in [5, 5.41) is 2.99. The van der Waals surface area contributed by atoms with Crippen LogP contribution >= 0.6 is 11.3 Å². The summed E-state index contributed by atoms with van der Waals surface area (Å²) in [7, 11) is -3.78. The van der Waals surface area contributed by atoms with Crippen LogP contribution in [0, 0.1) is 6.92 Å². The zero-order valence-electron chi connectivity index (χ0n) is 16.7. The van der Waals surface area contributed by atoms with Gasteiger partial charge in [-0.3, -0.25) is 0 Å². The summed E-state index contributed by atoms with van der Waals surface area (Å²) in [4.78, 5) is 1.26. The van der Waals surface area contributed by atoms with Crippen molar-refractivity contribution >= 4 is 56.1 Å². The number of benzene rings is 3. The molecule has 6 heteroatoms. The van der Waals surface area contributed by atoms with Crippen LogP contribution in [0.4, 0.5) is 0 Å². The second-order valence-corrected chi connectivity index (χ2v) is 12.2. The van der Waals surface area contributed by atoms with Gasteiger partial charge in [0, 0.05) is 0 Å². The summed E-state index contributed by atoms with van der Waals surface area (Å²) in [5.74, 6) is 0. The van der Waals surface area contributed by atoms with Crippen molar-refractivity contribution in [3.63, 3.8) is 0 Å². The molecule has 5 rings (SSSR count). The first-order valence-electron chi connectivity index (χ1n) is 9.78. The topological polar surface area (TPSA) is 39.1 Å². The number of fused-ring (bicyclic) bond motifs is 1. The van der Waals surface area contributed by atoms with Gasteiger partial charge < -0.3 is 0 Å². The first-order chi connectivity index (χ1) is 15.1. The van der Waals surface area contributed by atoms with Crippen molar-refractivity contribution in [1.29, 1.82) is 0 Å². The van der Waals surface area contributed by atoms with E-state index in [9.17, 15) is 8.42 Å². The Morgan fingerprint density at radius 2 is 1.52 bits per heavy atom. The SMILES string of the molecule is Cc1ccc(S(=O)(=O)n2c(-c3cccs3)c([Se]c3ccccc3)c3ccccc32)cc1. The molecule has 3 aromatic carbocycles. The Morgan fingerprint density at radius 3 is 2.23 bits per heavy atom. The van der Waals surface area contributed by atoms with Gasteiger partial charge in [0.15, 0.2) is 0 Å². The van der Waals surface area contributed by atoms with Gasteiger partial charge >= 0.3 is 193 Å². The van der Waals surface area contributed by atoms with Crippen molar-refractivity contribution in [2.24, 2.45) is 0 Å². The fourth-order valence-electron chi connectivity index (χ4n) is 3.58. The number of hydrogen-bond donors (Lipinski definition) is 0. The summed E-state index contributed by atoms with van der Waals surface area (Å²) in [6.07, 6.45) is 0. The molecule has 2 aromatic heterocycles. The van der Waals surface area contributed by atoms with Crippen molar-refractivity contribution in [3.8, 4) is 10.6 Å². The minimum atomic E-state index is -3.78. The Labute approximate surface area is 192 Å². The monoisotopic (exact) mass is 509 g/mol. The molecule has 0 aliphatic heterocycles. The summed E-state index contributed by atoms with van der Waals surface area (Å²) in [5.41, 5.74) is 2.53. The summed E-state index contributed by atoms with van der Waals surface area (Å²) < 4.78 is 31.7. The molecule has 0 aliphatic carbocycles. The third kappa shape index (κ3) is 3.66. The van der Waals surface area contributed by atoms with Gasteiger partial charge in [-0.2, -0.15) is 0 Å². The molecule has 0 radical (unpaired) electrons. The van der Waals surface area contributed by atoms with Crippen LogP contribution in [0.25, 0.3) is 21.5 Å². The standard InChI is InChI=1S/C25H19NO2S2Se/c1-18-13-15-19(16-14-18)30(27,28)26-22-11-6-5-10-21(22)25(24(26)23-12-7-17-29-23)31-20-8-3-2-4-9-20/h2-17H,1H3. The average Bonchev–Trinajstić information content (AvgIpc) is 3.42. The van der Waals surface area contributed by atoms with Gasteiger partial charge in [-0.1, -0.05) is 0 Å². The molecule has 0 fully saturated rings. The fraction of sp³-hybridized carbons (Fsp3) is 0.0400. The quantitative estimate of drug-likeness (QED) is 0.327. The second-order valence-electron chi connectivity index (χ2n) is 7.17. The van der Waals surface area contributed by atoms with E-state index in [1.807, 2.05) is 79.0 Å². The van der Waals surface area contributed by atoms with Crippen LogP contribution in [-0.2, 0) is 10.0 Å². The van der Waals surface area contributed by atoms with Gasteiger partial charge in [0.1, 0.15) is 0 Å². The molecule has 154 valence electrons. The van der Waals surface area contributed by atoms with Crippen LogP contribution in [0.1, 0.15) is 5.56 Å². The maximum atomic E-state index is 13.9. The van der Waals surface area contributed by atoms with E-state index >= 15 is 0 Å². The molecule has 0 spiro atoms. The number of thiophene rings is 1. The maximum absolute atomic E-state index is 13.9. The Bertz CT molecular complexity index is 1450. The number of nitrogens with zero attached hydrogens (tertiary/aromatic N) is 1. The predicted octanol–water partition coefficient (Wildman–Crippen LogP) is 4.57. The second kappa shape index (κ2) is 8.13. The van der Waals surface area contributed by atoms with Crippen LogP contribution in [0.5, 0.6) is 0 Å². The van der Waals surface area contributed by atoms with E-state index in [2.05, 4.69) is 12.1 Å². The third-order valence-electron chi connectivity index (χ3n) is 5.06. The Hall–Kier alpha value is -2.63. The van der Waals surface area contributed by atoms with Crippen molar-refractivity contribution in [3.05, 3.63) is 102 Å². The van der Waals surface area contributed by atoms with Gasteiger partial charge in [0.05, 0.1) is 0 Å². The van der Waals surface area contributed by atoms with Gasteiger partial charge in [-0.15, -0.1) is 0 Å². The molecule has 0 unspecified atom stereocenters. The van der Waals surface area contributed by atoms with Crippen molar-refractivity contribution in [2.75, 3.05) is 0 Å². The molecule has 0 bridgehead atoms. The van der Waals surface area contributed by atoms with Crippen LogP contribution in [0.15, 0.2) is 101 Å². The molecule has 0 aliphatic rings. The molecule has 31 heavy (non-hydrogen) atoms.